The first-order valence-electron chi connectivity index (χ1n) is 5.42. The molecule has 0 aliphatic rings. The number of tetrazole rings is 1. The number of carboxylic acids is 1. The SMILES string of the molecule is CC(C(=O)O)n1nnnc1Cc1ccc(Cl)c(Cl)c1. The number of carbonyl (C=O) groups is 1. The molecular formula is C11H10Cl2N4O2. The smallest absolute Gasteiger partial charge is 0.328 e. The summed E-state index contributed by atoms with van der Waals surface area (Å²) in [6.07, 6.45) is 0.376. The highest BCUT2D eigenvalue weighted by Crippen LogP contribution is 2.23. The van der Waals surface area contributed by atoms with Crippen LogP contribution < -0.4 is 0 Å². The number of benzene rings is 1. The summed E-state index contributed by atoms with van der Waals surface area (Å²) in [5.74, 6) is -0.545. The van der Waals surface area contributed by atoms with Gasteiger partial charge in [-0.1, -0.05) is 29.3 Å². The van der Waals surface area contributed by atoms with Crippen LogP contribution in [-0.4, -0.2) is 31.3 Å². The summed E-state index contributed by atoms with van der Waals surface area (Å²) in [7, 11) is 0. The Morgan fingerprint density at radius 1 is 1.42 bits per heavy atom. The lowest BCUT2D eigenvalue weighted by molar-refractivity contribution is -0.140. The average molecular weight is 301 g/mol. The molecule has 6 nitrogen and oxygen atoms in total. The molecule has 1 aromatic carbocycles. The van der Waals surface area contributed by atoms with E-state index < -0.39 is 12.0 Å². The summed E-state index contributed by atoms with van der Waals surface area (Å²) >= 11 is 11.8. The van der Waals surface area contributed by atoms with Crippen LogP contribution >= 0.6 is 23.2 Å². The molecule has 19 heavy (non-hydrogen) atoms. The fraction of sp³-hybridized carbons (Fsp3) is 0.273. The van der Waals surface area contributed by atoms with E-state index in [0.717, 1.165) is 5.56 Å². The number of hydrogen-bond donors (Lipinski definition) is 1. The normalized spacial score (nSPS) is 12.4. The minimum absolute atomic E-state index is 0.376. The van der Waals surface area contributed by atoms with Gasteiger partial charge in [-0.2, -0.15) is 0 Å². The van der Waals surface area contributed by atoms with Crippen LogP contribution in [0.5, 0.6) is 0 Å². The second-order valence-corrected chi connectivity index (χ2v) is 4.79. The number of aliphatic carboxylic acids is 1. The minimum Gasteiger partial charge on any atom is -0.480 e. The molecule has 0 radical (unpaired) electrons. The molecule has 100 valence electrons. The van der Waals surface area contributed by atoms with E-state index in [1.807, 2.05) is 0 Å². The van der Waals surface area contributed by atoms with Crippen LogP contribution in [0.4, 0.5) is 0 Å². The molecule has 0 fully saturated rings. The van der Waals surface area contributed by atoms with Gasteiger partial charge in [-0.05, 0) is 35.0 Å². The summed E-state index contributed by atoms with van der Waals surface area (Å²) in [4.78, 5) is 10.9. The Morgan fingerprint density at radius 3 is 2.79 bits per heavy atom. The summed E-state index contributed by atoms with van der Waals surface area (Å²) in [5, 5.41) is 20.9. The van der Waals surface area contributed by atoms with Crippen molar-refractivity contribution >= 4 is 29.2 Å². The summed E-state index contributed by atoms with van der Waals surface area (Å²) < 4.78 is 1.27. The number of rotatable bonds is 4. The largest absolute Gasteiger partial charge is 0.480 e. The fourth-order valence-electron chi connectivity index (χ4n) is 1.57. The molecule has 1 N–H and O–H groups in total. The van der Waals surface area contributed by atoms with E-state index >= 15 is 0 Å². The van der Waals surface area contributed by atoms with E-state index in [-0.39, 0.29) is 0 Å². The highest BCUT2D eigenvalue weighted by Gasteiger charge is 2.19. The molecule has 8 heteroatoms. The maximum atomic E-state index is 10.9. The lowest BCUT2D eigenvalue weighted by Gasteiger charge is -2.08. The molecule has 1 aromatic heterocycles. The van der Waals surface area contributed by atoms with E-state index in [1.54, 1.807) is 18.2 Å². The zero-order valence-corrected chi connectivity index (χ0v) is 11.4. The van der Waals surface area contributed by atoms with Crippen molar-refractivity contribution in [1.82, 2.24) is 20.2 Å². The van der Waals surface area contributed by atoms with Crippen LogP contribution in [0.15, 0.2) is 18.2 Å². The molecule has 0 bridgehead atoms. The van der Waals surface area contributed by atoms with Gasteiger partial charge in [-0.15, -0.1) is 5.10 Å². The van der Waals surface area contributed by atoms with Crippen molar-refractivity contribution in [1.29, 1.82) is 0 Å². The Bertz CT molecular complexity index is 614. The molecule has 0 spiro atoms. The van der Waals surface area contributed by atoms with Crippen LogP contribution in [0.2, 0.25) is 10.0 Å². The molecule has 2 aromatic rings. The number of halogens is 2. The van der Waals surface area contributed by atoms with Gasteiger partial charge in [0.25, 0.3) is 0 Å². The molecule has 0 aliphatic heterocycles. The van der Waals surface area contributed by atoms with Crippen molar-refractivity contribution in [2.24, 2.45) is 0 Å². The van der Waals surface area contributed by atoms with E-state index in [2.05, 4.69) is 15.5 Å². The molecule has 0 aliphatic carbocycles. The Balaban J connectivity index is 2.26. The molecule has 0 saturated carbocycles. The maximum Gasteiger partial charge on any atom is 0.328 e. The van der Waals surface area contributed by atoms with Crippen molar-refractivity contribution in [2.75, 3.05) is 0 Å². The van der Waals surface area contributed by atoms with Crippen molar-refractivity contribution in [3.8, 4) is 0 Å². The molecular weight excluding hydrogens is 291 g/mol. The highest BCUT2D eigenvalue weighted by molar-refractivity contribution is 6.42. The van der Waals surface area contributed by atoms with Gasteiger partial charge < -0.3 is 5.11 Å². The molecule has 1 heterocycles. The number of nitrogens with zero attached hydrogens (tertiary/aromatic N) is 4. The Labute approximate surface area is 118 Å². The van der Waals surface area contributed by atoms with E-state index in [4.69, 9.17) is 28.3 Å². The molecule has 1 atom stereocenters. The predicted molar refractivity (Wildman–Crippen MR) is 69.4 cm³/mol. The number of hydrogen-bond acceptors (Lipinski definition) is 4. The third-order valence-corrected chi connectivity index (χ3v) is 3.37. The van der Waals surface area contributed by atoms with Crippen molar-refractivity contribution in [3.63, 3.8) is 0 Å². The summed E-state index contributed by atoms with van der Waals surface area (Å²) in [6, 6.07) is 4.34. The zero-order valence-electron chi connectivity index (χ0n) is 9.92. The monoisotopic (exact) mass is 300 g/mol. The lowest BCUT2D eigenvalue weighted by atomic mass is 10.1. The van der Waals surface area contributed by atoms with Crippen molar-refractivity contribution < 1.29 is 9.90 Å². The van der Waals surface area contributed by atoms with E-state index in [1.165, 1.54) is 11.6 Å². The van der Waals surface area contributed by atoms with Crippen LogP contribution in [0.1, 0.15) is 24.4 Å². The van der Waals surface area contributed by atoms with Gasteiger partial charge in [0, 0.05) is 6.42 Å². The second-order valence-electron chi connectivity index (χ2n) is 3.98. The van der Waals surface area contributed by atoms with Gasteiger partial charge in [0.1, 0.15) is 6.04 Å². The van der Waals surface area contributed by atoms with Crippen molar-refractivity contribution in [3.05, 3.63) is 39.6 Å². The third kappa shape index (κ3) is 3.02. The Kier molecular flexibility index (Phi) is 4.01. The molecule has 0 amide bonds. The molecule has 1 unspecified atom stereocenters. The summed E-state index contributed by atoms with van der Waals surface area (Å²) in [5.41, 5.74) is 0.850. The first-order valence-corrected chi connectivity index (χ1v) is 6.18. The van der Waals surface area contributed by atoms with Gasteiger partial charge in [0.2, 0.25) is 0 Å². The first-order chi connectivity index (χ1) is 8.99. The number of carboxylic acid groups (broad SMARTS) is 1. The van der Waals surface area contributed by atoms with Crippen LogP contribution in [-0.2, 0) is 11.2 Å². The topological polar surface area (TPSA) is 80.9 Å². The highest BCUT2D eigenvalue weighted by atomic mass is 35.5. The van der Waals surface area contributed by atoms with E-state index in [9.17, 15) is 4.79 Å². The van der Waals surface area contributed by atoms with Gasteiger partial charge in [0.05, 0.1) is 10.0 Å². The average Bonchev–Trinajstić information content (AvgIpc) is 2.81. The van der Waals surface area contributed by atoms with Gasteiger partial charge in [0.15, 0.2) is 5.82 Å². The molecule has 2 rings (SSSR count). The predicted octanol–water partition coefficient (Wildman–Crippen LogP) is 2.22. The van der Waals surface area contributed by atoms with Crippen LogP contribution in [0.3, 0.4) is 0 Å². The Morgan fingerprint density at radius 2 is 2.16 bits per heavy atom. The maximum absolute atomic E-state index is 10.9. The lowest BCUT2D eigenvalue weighted by Crippen LogP contribution is -2.19. The minimum atomic E-state index is -0.998. The van der Waals surface area contributed by atoms with E-state index in [0.29, 0.717) is 22.3 Å². The molecule has 0 saturated heterocycles. The fourth-order valence-corrected chi connectivity index (χ4v) is 1.89. The first kappa shape index (κ1) is 13.8. The second kappa shape index (κ2) is 5.54. The van der Waals surface area contributed by atoms with Gasteiger partial charge in [-0.3, -0.25) is 0 Å². The quantitative estimate of drug-likeness (QED) is 0.936. The standard InChI is InChI=1S/C11H10Cl2N4O2/c1-6(11(18)19)17-10(14-15-16-17)5-7-2-3-8(12)9(13)4-7/h2-4,6H,5H2,1H3,(H,18,19). The van der Waals surface area contributed by atoms with Gasteiger partial charge >= 0.3 is 5.97 Å². The number of aromatic nitrogens is 4. The third-order valence-electron chi connectivity index (χ3n) is 2.63. The van der Waals surface area contributed by atoms with Crippen LogP contribution in [0, 0.1) is 0 Å². The van der Waals surface area contributed by atoms with Gasteiger partial charge in [-0.25, -0.2) is 9.48 Å². The zero-order chi connectivity index (χ0) is 14.0. The summed E-state index contributed by atoms with van der Waals surface area (Å²) in [6.45, 7) is 1.51. The Hall–Kier alpha value is -1.66. The van der Waals surface area contributed by atoms with Crippen molar-refractivity contribution in [2.45, 2.75) is 19.4 Å². The van der Waals surface area contributed by atoms with Crippen LogP contribution in [0.25, 0.3) is 0 Å².